The molecular weight excluding hydrogens is 662 g/mol. The first-order valence-corrected chi connectivity index (χ1v) is 19.9. The molecule has 2 aromatic rings. The van der Waals surface area contributed by atoms with E-state index in [2.05, 4.69) is 38.8 Å². The van der Waals surface area contributed by atoms with Crippen LogP contribution in [0.25, 0.3) is 0 Å². The second kappa shape index (κ2) is 14.5. The summed E-state index contributed by atoms with van der Waals surface area (Å²) in [5, 5.41) is 0.740. The Morgan fingerprint density at radius 2 is 1.94 bits per heavy atom. The largest absolute Gasteiger partial charge is 0.490 e. The number of anilines is 1. The average molecular weight is 712 g/mol. The highest BCUT2D eigenvalue weighted by Crippen LogP contribution is 2.47. The standard InChI is InChI=1S/C38H50ClN3O6S/c1-26-5-3-7-35(47-20-17-41-15-18-46-19-16-41)32-11-8-29(32)23-42-24-38(14-4-6-28-21-30(39)9-12-33(28)38)25-48-36-13-10-31(22-34(36)42)49(44,45)40-37(43)27(26)2/h3,7,9-10,12-13,21-22,26-27,29,32,35H,4-6,8,11,14-20,23-25H2,1-2H3,(H,40,43)/b7-3+/t26-,27+,29-,32+,35-,38-/m0/s1. The van der Waals surface area contributed by atoms with Crippen LogP contribution < -0.4 is 14.4 Å². The molecule has 1 saturated heterocycles. The number of hydrogen-bond donors (Lipinski definition) is 1. The Hall–Kier alpha value is -2.63. The molecule has 7 rings (SSSR count). The van der Waals surface area contributed by atoms with Crippen molar-refractivity contribution in [2.45, 2.75) is 68.8 Å². The molecule has 3 heterocycles. The van der Waals surface area contributed by atoms with Crippen LogP contribution in [0.2, 0.25) is 5.02 Å². The first-order valence-electron chi connectivity index (χ1n) is 18.1. The number of carbonyl (C=O) groups is 1. The van der Waals surface area contributed by atoms with Crippen LogP contribution in [0.1, 0.15) is 57.1 Å². The van der Waals surface area contributed by atoms with Crippen molar-refractivity contribution >= 4 is 33.2 Å². The fourth-order valence-electron chi connectivity index (χ4n) is 8.44. The quantitative estimate of drug-likeness (QED) is 0.410. The summed E-state index contributed by atoms with van der Waals surface area (Å²) in [6, 6.07) is 11.3. The van der Waals surface area contributed by atoms with Crippen molar-refractivity contribution in [2.24, 2.45) is 23.7 Å². The van der Waals surface area contributed by atoms with Gasteiger partial charge in [0.25, 0.3) is 10.0 Å². The topological polar surface area (TPSA) is 97.4 Å². The molecule has 0 aromatic heterocycles. The lowest BCUT2D eigenvalue weighted by molar-refractivity contribution is -0.124. The Balaban J connectivity index is 1.24. The van der Waals surface area contributed by atoms with Crippen molar-refractivity contribution in [1.82, 2.24) is 9.62 Å². The normalized spacial score (nSPS) is 32.5. The molecule has 5 aliphatic rings. The van der Waals surface area contributed by atoms with Gasteiger partial charge < -0.3 is 19.1 Å². The smallest absolute Gasteiger partial charge is 0.264 e. The van der Waals surface area contributed by atoms with E-state index in [1.807, 2.05) is 13.0 Å². The minimum Gasteiger partial charge on any atom is -0.490 e. The van der Waals surface area contributed by atoms with E-state index in [9.17, 15) is 13.2 Å². The number of rotatable bonds is 4. The summed E-state index contributed by atoms with van der Waals surface area (Å²) in [6.07, 6.45) is 10.1. The average Bonchev–Trinajstić information content (AvgIpc) is 3.22. The summed E-state index contributed by atoms with van der Waals surface area (Å²) in [4.78, 5) is 18.1. The van der Waals surface area contributed by atoms with E-state index in [0.29, 0.717) is 43.8 Å². The Morgan fingerprint density at radius 1 is 1.10 bits per heavy atom. The van der Waals surface area contributed by atoms with Gasteiger partial charge in [-0.15, -0.1) is 0 Å². The van der Waals surface area contributed by atoms with Crippen molar-refractivity contribution in [2.75, 3.05) is 64.1 Å². The second-order valence-corrected chi connectivity index (χ2v) is 17.0. The van der Waals surface area contributed by atoms with E-state index < -0.39 is 21.8 Å². The van der Waals surface area contributed by atoms with Crippen molar-refractivity contribution in [3.05, 3.63) is 64.7 Å². The van der Waals surface area contributed by atoms with Crippen molar-refractivity contribution in [3.8, 4) is 5.75 Å². The molecule has 1 amide bonds. The minimum atomic E-state index is -4.10. The number of fused-ring (bicyclic) bond motifs is 4. The molecule has 3 aliphatic heterocycles. The van der Waals surface area contributed by atoms with Crippen molar-refractivity contribution < 1.29 is 27.4 Å². The number of ether oxygens (including phenoxy) is 3. The number of carbonyl (C=O) groups excluding carboxylic acids is 1. The van der Waals surface area contributed by atoms with Crippen LogP contribution in [-0.2, 0) is 36.1 Å². The Bertz CT molecular complexity index is 1660. The summed E-state index contributed by atoms with van der Waals surface area (Å²) < 4.78 is 48.6. The van der Waals surface area contributed by atoms with Gasteiger partial charge in [0.2, 0.25) is 5.91 Å². The van der Waals surface area contributed by atoms with Gasteiger partial charge in [-0.1, -0.05) is 43.7 Å². The van der Waals surface area contributed by atoms with Crippen LogP contribution in [-0.4, -0.2) is 84.5 Å². The van der Waals surface area contributed by atoms with E-state index in [-0.39, 0.29) is 22.3 Å². The lowest BCUT2D eigenvalue weighted by Crippen LogP contribution is -2.50. The van der Waals surface area contributed by atoms with Crippen LogP contribution in [0, 0.1) is 23.7 Å². The predicted molar refractivity (Wildman–Crippen MR) is 191 cm³/mol. The molecular formula is C38H50ClN3O6S. The summed E-state index contributed by atoms with van der Waals surface area (Å²) in [7, 11) is -4.10. The van der Waals surface area contributed by atoms with E-state index in [4.69, 9.17) is 25.8 Å². The Morgan fingerprint density at radius 3 is 2.73 bits per heavy atom. The molecule has 2 bridgehead atoms. The van der Waals surface area contributed by atoms with Crippen LogP contribution in [0.5, 0.6) is 5.75 Å². The maximum Gasteiger partial charge on any atom is 0.264 e. The van der Waals surface area contributed by atoms with Gasteiger partial charge in [0.1, 0.15) is 5.75 Å². The number of sulfonamides is 1. The zero-order valence-corrected chi connectivity index (χ0v) is 30.3. The monoisotopic (exact) mass is 711 g/mol. The van der Waals surface area contributed by atoms with Gasteiger partial charge in [-0.05, 0) is 97.7 Å². The van der Waals surface area contributed by atoms with Gasteiger partial charge in [-0.25, -0.2) is 13.1 Å². The maximum atomic E-state index is 13.7. The fraction of sp³-hybridized carbons (Fsp3) is 0.605. The molecule has 0 radical (unpaired) electrons. The number of benzene rings is 2. The number of halogens is 1. The van der Waals surface area contributed by atoms with Crippen molar-refractivity contribution in [3.63, 3.8) is 0 Å². The molecule has 1 N–H and O–H groups in total. The van der Waals surface area contributed by atoms with Crippen LogP contribution in [0.4, 0.5) is 5.69 Å². The summed E-state index contributed by atoms with van der Waals surface area (Å²) in [6.45, 7) is 10.6. The highest BCUT2D eigenvalue weighted by Gasteiger charge is 2.45. The van der Waals surface area contributed by atoms with E-state index in [1.165, 1.54) is 11.1 Å². The molecule has 1 spiro atoms. The number of allylic oxidation sites excluding steroid dienone is 1. The Labute approximate surface area is 296 Å². The van der Waals surface area contributed by atoms with Gasteiger partial charge in [0.05, 0.1) is 43.1 Å². The van der Waals surface area contributed by atoms with Gasteiger partial charge >= 0.3 is 0 Å². The van der Waals surface area contributed by atoms with E-state index >= 15 is 0 Å². The lowest BCUT2D eigenvalue weighted by Gasteiger charge is -2.46. The number of nitrogens with zero attached hydrogens (tertiary/aromatic N) is 2. The van der Waals surface area contributed by atoms with E-state index in [0.717, 1.165) is 82.2 Å². The number of hydrogen-bond acceptors (Lipinski definition) is 8. The molecule has 49 heavy (non-hydrogen) atoms. The predicted octanol–water partition coefficient (Wildman–Crippen LogP) is 5.59. The lowest BCUT2D eigenvalue weighted by atomic mass is 9.68. The second-order valence-electron chi connectivity index (χ2n) is 14.9. The molecule has 266 valence electrons. The molecule has 0 unspecified atom stereocenters. The van der Waals surface area contributed by atoms with Crippen LogP contribution >= 0.6 is 11.6 Å². The molecule has 2 fully saturated rings. The SMILES string of the molecule is C[C@H]1C/C=C/[C@H](OCCN2CCOCC2)[C@@H]2CC[C@H]2CN2C[C@@]3(CCCc4cc(Cl)ccc43)COc3ccc(cc32)S(=O)(=O)NC(=O)[C@@H]1C. The molecule has 11 heteroatoms. The number of morpholine rings is 1. The third kappa shape index (κ3) is 7.40. The number of aryl methyl sites for hydroxylation is 1. The van der Waals surface area contributed by atoms with Gasteiger partial charge in [0.15, 0.2) is 0 Å². The van der Waals surface area contributed by atoms with Gasteiger partial charge in [-0.3, -0.25) is 9.69 Å². The molecule has 9 nitrogen and oxygen atoms in total. The molecule has 2 aliphatic carbocycles. The van der Waals surface area contributed by atoms with Gasteiger partial charge in [0, 0.05) is 49.1 Å². The summed E-state index contributed by atoms with van der Waals surface area (Å²) >= 11 is 6.46. The van der Waals surface area contributed by atoms with Gasteiger partial charge in [-0.2, -0.15) is 0 Å². The van der Waals surface area contributed by atoms with E-state index in [1.54, 1.807) is 25.1 Å². The van der Waals surface area contributed by atoms with Crippen LogP contribution in [0.15, 0.2) is 53.4 Å². The fourth-order valence-corrected chi connectivity index (χ4v) is 9.71. The third-order valence-electron chi connectivity index (χ3n) is 11.8. The highest BCUT2D eigenvalue weighted by molar-refractivity contribution is 7.90. The molecule has 6 atom stereocenters. The summed E-state index contributed by atoms with van der Waals surface area (Å²) in [5.41, 5.74) is 3.01. The van der Waals surface area contributed by atoms with Crippen molar-refractivity contribution in [1.29, 1.82) is 0 Å². The Kier molecular flexibility index (Phi) is 10.3. The zero-order chi connectivity index (χ0) is 34.2. The molecule has 2 aromatic carbocycles. The minimum absolute atomic E-state index is 0.0371. The van der Waals surface area contributed by atoms with Crippen LogP contribution in [0.3, 0.4) is 0 Å². The maximum absolute atomic E-state index is 13.7. The number of amides is 1. The third-order valence-corrected chi connectivity index (χ3v) is 13.4. The first kappa shape index (κ1) is 34.8. The number of nitrogens with one attached hydrogen (secondary N) is 1. The highest BCUT2D eigenvalue weighted by atomic mass is 35.5. The first-order chi connectivity index (χ1) is 23.6. The summed E-state index contributed by atoms with van der Waals surface area (Å²) in [5.74, 6) is 0.317. The zero-order valence-electron chi connectivity index (χ0n) is 28.7. The molecule has 1 saturated carbocycles.